The molecule has 4 heteroatoms. The first-order valence-corrected chi connectivity index (χ1v) is 5.13. The minimum atomic E-state index is 0.0106. The third kappa shape index (κ3) is 2.55. The highest BCUT2D eigenvalue weighted by Gasteiger charge is 2.03. The summed E-state index contributed by atoms with van der Waals surface area (Å²) in [5, 5.41) is 7.35. The topological polar surface area (TPSA) is 85.1 Å². The Labute approximate surface area is 99.3 Å². The second-order valence-electron chi connectivity index (χ2n) is 3.58. The van der Waals surface area contributed by atoms with Gasteiger partial charge in [0, 0.05) is 5.56 Å². The van der Waals surface area contributed by atoms with E-state index in [1.165, 1.54) is 0 Å². The maximum atomic E-state index is 7.35. The van der Waals surface area contributed by atoms with Crippen molar-refractivity contribution < 1.29 is 4.74 Å². The molecular weight excluding hydrogens is 214 g/mol. The zero-order valence-electron chi connectivity index (χ0n) is 9.18. The molecule has 0 heterocycles. The van der Waals surface area contributed by atoms with Crippen molar-refractivity contribution in [1.82, 2.24) is 0 Å². The standard InChI is InChI=1S/C13H13N3O/c14-11-6-1-2-7-12(11)17-10-5-3-4-9(8-10)13(15)16/h1-8H,14H2,(H3,15,16). The monoisotopic (exact) mass is 227 g/mol. The summed E-state index contributed by atoms with van der Waals surface area (Å²) in [5.74, 6) is 1.21. The van der Waals surface area contributed by atoms with Gasteiger partial charge in [-0.2, -0.15) is 0 Å². The molecule has 0 aliphatic carbocycles. The smallest absolute Gasteiger partial charge is 0.150 e. The van der Waals surface area contributed by atoms with Crippen molar-refractivity contribution in [2.24, 2.45) is 5.73 Å². The van der Waals surface area contributed by atoms with Gasteiger partial charge in [-0.25, -0.2) is 0 Å². The van der Waals surface area contributed by atoms with Crippen molar-refractivity contribution in [3.05, 3.63) is 54.1 Å². The lowest BCUT2D eigenvalue weighted by atomic mass is 10.2. The molecule has 0 radical (unpaired) electrons. The van der Waals surface area contributed by atoms with Crippen molar-refractivity contribution in [2.75, 3.05) is 5.73 Å². The molecule has 0 aromatic heterocycles. The van der Waals surface area contributed by atoms with Gasteiger partial charge in [-0.05, 0) is 24.3 Å². The van der Waals surface area contributed by atoms with Gasteiger partial charge in [0.05, 0.1) is 5.69 Å². The van der Waals surface area contributed by atoms with Crippen molar-refractivity contribution in [3.8, 4) is 11.5 Å². The number of para-hydroxylation sites is 2. The molecule has 0 unspecified atom stereocenters. The van der Waals surface area contributed by atoms with E-state index in [4.69, 9.17) is 21.6 Å². The number of hydrogen-bond donors (Lipinski definition) is 3. The summed E-state index contributed by atoms with van der Waals surface area (Å²) in [6.07, 6.45) is 0. The Hall–Kier alpha value is -2.49. The number of anilines is 1. The second kappa shape index (κ2) is 4.57. The number of hydrogen-bond acceptors (Lipinski definition) is 3. The highest BCUT2D eigenvalue weighted by Crippen LogP contribution is 2.27. The van der Waals surface area contributed by atoms with Gasteiger partial charge in [-0.1, -0.05) is 24.3 Å². The fourth-order valence-corrected chi connectivity index (χ4v) is 1.43. The molecular formula is C13H13N3O. The summed E-state index contributed by atoms with van der Waals surface area (Å²) in [6, 6.07) is 14.3. The maximum Gasteiger partial charge on any atom is 0.150 e. The summed E-state index contributed by atoms with van der Waals surface area (Å²) >= 11 is 0. The van der Waals surface area contributed by atoms with E-state index in [0.29, 0.717) is 22.7 Å². The van der Waals surface area contributed by atoms with Gasteiger partial charge in [0.2, 0.25) is 0 Å². The lowest BCUT2D eigenvalue weighted by Gasteiger charge is -2.08. The third-order valence-electron chi connectivity index (χ3n) is 2.29. The largest absolute Gasteiger partial charge is 0.455 e. The first-order valence-electron chi connectivity index (χ1n) is 5.13. The molecule has 86 valence electrons. The van der Waals surface area contributed by atoms with Crippen LogP contribution in [0.5, 0.6) is 11.5 Å². The van der Waals surface area contributed by atoms with Crippen LogP contribution in [0.2, 0.25) is 0 Å². The predicted octanol–water partition coefficient (Wildman–Crippen LogP) is 2.35. The summed E-state index contributed by atoms with van der Waals surface area (Å²) in [7, 11) is 0. The second-order valence-corrected chi connectivity index (χ2v) is 3.58. The molecule has 0 spiro atoms. The Morgan fingerprint density at radius 2 is 1.82 bits per heavy atom. The van der Waals surface area contributed by atoms with E-state index in [0.717, 1.165) is 0 Å². The highest BCUT2D eigenvalue weighted by molar-refractivity contribution is 5.95. The Balaban J connectivity index is 2.28. The van der Waals surface area contributed by atoms with Crippen LogP contribution in [0, 0.1) is 5.41 Å². The summed E-state index contributed by atoms with van der Waals surface area (Å²) < 4.78 is 5.62. The van der Waals surface area contributed by atoms with Crippen molar-refractivity contribution in [1.29, 1.82) is 5.41 Å². The molecule has 2 rings (SSSR count). The molecule has 0 fully saturated rings. The van der Waals surface area contributed by atoms with Gasteiger partial charge in [-0.3, -0.25) is 5.41 Å². The van der Waals surface area contributed by atoms with Crippen molar-refractivity contribution in [3.63, 3.8) is 0 Å². The zero-order valence-corrected chi connectivity index (χ0v) is 9.18. The number of nitrogens with two attached hydrogens (primary N) is 2. The van der Waals surface area contributed by atoms with E-state index in [1.54, 1.807) is 36.4 Å². The Bertz CT molecular complexity index is 552. The molecule has 0 aliphatic heterocycles. The Morgan fingerprint density at radius 3 is 2.53 bits per heavy atom. The van der Waals surface area contributed by atoms with Gasteiger partial charge < -0.3 is 16.2 Å². The van der Waals surface area contributed by atoms with Crippen molar-refractivity contribution >= 4 is 11.5 Å². The molecule has 2 aromatic carbocycles. The van der Waals surface area contributed by atoms with Crippen LogP contribution in [0.15, 0.2) is 48.5 Å². The van der Waals surface area contributed by atoms with E-state index < -0.39 is 0 Å². The molecule has 0 amide bonds. The Kier molecular flexibility index (Phi) is 2.96. The van der Waals surface area contributed by atoms with Gasteiger partial charge in [0.1, 0.15) is 17.3 Å². The van der Waals surface area contributed by atoms with Crippen LogP contribution in [0.25, 0.3) is 0 Å². The number of nitrogens with one attached hydrogen (secondary N) is 1. The fourth-order valence-electron chi connectivity index (χ4n) is 1.43. The molecule has 0 bridgehead atoms. The number of nitrogen functional groups attached to an aromatic ring is 2. The van der Waals surface area contributed by atoms with Crippen LogP contribution in [0.1, 0.15) is 5.56 Å². The number of ether oxygens (including phenoxy) is 1. The van der Waals surface area contributed by atoms with Gasteiger partial charge >= 0.3 is 0 Å². The first-order chi connectivity index (χ1) is 8.16. The minimum Gasteiger partial charge on any atom is -0.455 e. The maximum absolute atomic E-state index is 7.35. The van der Waals surface area contributed by atoms with E-state index in [1.807, 2.05) is 12.1 Å². The molecule has 0 atom stereocenters. The minimum absolute atomic E-state index is 0.0106. The Morgan fingerprint density at radius 1 is 1.06 bits per heavy atom. The van der Waals surface area contributed by atoms with Crippen LogP contribution >= 0.6 is 0 Å². The van der Waals surface area contributed by atoms with Crippen LogP contribution < -0.4 is 16.2 Å². The van der Waals surface area contributed by atoms with Crippen LogP contribution in [-0.4, -0.2) is 5.84 Å². The number of benzene rings is 2. The van der Waals surface area contributed by atoms with E-state index in [2.05, 4.69) is 0 Å². The third-order valence-corrected chi connectivity index (χ3v) is 2.29. The molecule has 0 saturated heterocycles. The van der Waals surface area contributed by atoms with Crippen LogP contribution in [0.3, 0.4) is 0 Å². The zero-order chi connectivity index (χ0) is 12.3. The van der Waals surface area contributed by atoms with Gasteiger partial charge in [0.25, 0.3) is 0 Å². The molecule has 0 saturated carbocycles. The average Bonchev–Trinajstić information content (AvgIpc) is 2.32. The molecule has 17 heavy (non-hydrogen) atoms. The van der Waals surface area contributed by atoms with Gasteiger partial charge in [0.15, 0.2) is 0 Å². The predicted molar refractivity (Wildman–Crippen MR) is 68.4 cm³/mol. The van der Waals surface area contributed by atoms with E-state index in [-0.39, 0.29) is 5.84 Å². The fraction of sp³-hybridized carbons (Fsp3) is 0. The molecule has 0 aliphatic rings. The molecule has 2 aromatic rings. The summed E-state index contributed by atoms with van der Waals surface area (Å²) in [4.78, 5) is 0. The van der Waals surface area contributed by atoms with Gasteiger partial charge in [-0.15, -0.1) is 0 Å². The summed E-state index contributed by atoms with van der Waals surface area (Å²) in [6.45, 7) is 0. The van der Waals surface area contributed by atoms with E-state index >= 15 is 0 Å². The molecule has 5 N–H and O–H groups in total. The highest BCUT2D eigenvalue weighted by atomic mass is 16.5. The quantitative estimate of drug-likeness (QED) is 0.427. The summed E-state index contributed by atoms with van der Waals surface area (Å²) in [5.41, 5.74) is 12.4. The lowest BCUT2D eigenvalue weighted by molar-refractivity contribution is 0.485. The van der Waals surface area contributed by atoms with Crippen LogP contribution in [-0.2, 0) is 0 Å². The SMILES string of the molecule is N=C(N)c1cccc(Oc2ccccc2N)c1. The van der Waals surface area contributed by atoms with E-state index in [9.17, 15) is 0 Å². The first kappa shape index (κ1) is 11.0. The van der Waals surface area contributed by atoms with Crippen molar-refractivity contribution in [2.45, 2.75) is 0 Å². The van der Waals surface area contributed by atoms with Crippen LogP contribution in [0.4, 0.5) is 5.69 Å². The molecule has 4 nitrogen and oxygen atoms in total. The lowest BCUT2D eigenvalue weighted by Crippen LogP contribution is -2.10. The normalized spacial score (nSPS) is 9.88. The number of rotatable bonds is 3. The average molecular weight is 227 g/mol. The number of amidine groups is 1.